The van der Waals surface area contributed by atoms with Crippen LogP contribution < -0.4 is 5.32 Å². The van der Waals surface area contributed by atoms with Gasteiger partial charge in [-0.15, -0.1) is 0 Å². The van der Waals surface area contributed by atoms with Gasteiger partial charge in [0, 0.05) is 41.2 Å². The van der Waals surface area contributed by atoms with Crippen LogP contribution in [0.25, 0.3) is 0 Å². The van der Waals surface area contributed by atoms with Gasteiger partial charge in [0.2, 0.25) is 5.91 Å². The highest BCUT2D eigenvalue weighted by molar-refractivity contribution is 9.10. The molecule has 1 aromatic heterocycles. The van der Waals surface area contributed by atoms with Crippen molar-refractivity contribution >= 4 is 33.6 Å². The van der Waals surface area contributed by atoms with Crippen molar-refractivity contribution in [2.45, 2.75) is 63.6 Å². The van der Waals surface area contributed by atoms with Crippen molar-refractivity contribution in [3.63, 3.8) is 0 Å². The molecule has 2 saturated carbocycles. The topological polar surface area (TPSA) is 57.6 Å². The molecule has 3 amide bonds. The molecule has 166 valence electrons. The van der Waals surface area contributed by atoms with Crippen molar-refractivity contribution in [1.82, 2.24) is 14.4 Å². The third kappa shape index (κ3) is 5.70. The first kappa shape index (κ1) is 21.9. The summed E-state index contributed by atoms with van der Waals surface area (Å²) in [4.78, 5) is 30.4. The Morgan fingerprint density at radius 1 is 1.00 bits per heavy atom. The van der Waals surface area contributed by atoms with E-state index in [9.17, 15) is 9.59 Å². The fraction of sp³-hybridized carbons (Fsp3) is 0.500. The summed E-state index contributed by atoms with van der Waals surface area (Å²) < 4.78 is 3.02. The Labute approximate surface area is 192 Å². The maximum absolute atomic E-state index is 13.4. The minimum absolute atomic E-state index is 0.0419. The Morgan fingerprint density at radius 3 is 2.29 bits per heavy atom. The smallest absolute Gasteiger partial charge is 0.322 e. The zero-order chi connectivity index (χ0) is 21.8. The lowest BCUT2D eigenvalue weighted by Gasteiger charge is -2.35. The van der Waals surface area contributed by atoms with E-state index in [0.717, 1.165) is 54.4 Å². The number of aryl methyl sites for hydroxylation is 1. The van der Waals surface area contributed by atoms with E-state index >= 15 is 0 Å². The number of carbonyl (C=O) groups excluding carboxylic acids is 2. The first-order valence-corrected chi connectivity index (χ1v) is 12.0. The van der Waals surface area contributed by atoms with Crippen molar-refractivity contribution in [3.8, 4) is 0 Å². The molecule has 7 heteroatoms. The molecule has 1 aromatic carbocycles. The lowest BCUT2D eigenvalue weighted by molar-refractivity contribution is -0.133. The van der Waals surface area contributed by atoms with Gasteiger partial charge in [-0.2, -0.15) is 0 Å². The molecule has 0 atom stereocenters. The summed E-state index contributed by atoms with van der Waals surface area (Å²) in [6.07, 6.45) is 9.44. The van der Waals surface area contributed by atoms with Gasteiger partial charge in [0.05, 0.1) is 6.54 Å². The SMILES string of the molecule is Cn1cccc1CN(C(=O)CN(C(=O)Nc1ccc(Br)cc1)C1CCCCC1)C1CC1. The van der Waals surface area contributed by atoms with E-state index in [-0.39, 0.29) is 24.5 Å². The molecule has 2 aromatic rings. The maximum Gasteiger partial charge on any atom is 0.322 e. The van der Waals surface area contributed by atoms with Gasteiger partial charge in [0.25, 0.3) is 0 Å². The van der Waals surface area contributed by atoms with Crippen LogP contribution in [-0.2, 0) is 18.4 Å². The third-order valence-corrected chi connectivity index (χ3v) is 6.90. The maximum atomic E-state index is 13.4. The third-order valence-electron chi connectivity index (χ3n) is 6.37. The second kappa shape index (κ2) is 9.90. The van der Waals surface area contributed by atoms with E-state index in [1.54, 1.807) is 4.90 Å². The van der Waals surface area contributed by atoms with E-state index in [1.807, 2.05) is 48.5 Å². The Bertz CT molecular complexity index is 901. The molecule has 6 nitrogen and oxygen atoms in total. The normalized spacial score (nSPS) is 16.7. The average molecular weight is 487 g/mol. The molecular formula is C24H31BrN4O2. The first-order valence-electron chi connectivity index (χ1n) is 11.2. The van der Waals surface area contributed by atoms with Gasteiger partial charge in [-0.25, -0.2) is 4.79 Å². The summed E-state index contributed by atoms with van der Waals surface area (Å²) in [6.45, 7) is 0.730. The minimum Gasteiger partial charge on any atom is -0.353 e. The Kier molecular flexibility index (Phi) is 7.00. The number of amides is 3. The number of halogens is 1. The van der Waals surface area contributed by atoms with Crippen molar-refractivity contribution in [1.29, 1.82) is 0 Å². The van der Waals surface area contributed by atoms with Crippen LogP contribution in [0.5, 0.6) is 0 Å². The van der Waals surface area contributed by atoms with Crippen LogP contribution in [0.3, 0.4) is 0 Å². The number of hydrogen-bond acceptors (Lipinski definition) is 2. The summed E-state index contributed by atoms with van der Waals surface area (Å²) in [6, 6.07) is 11.8. The van der Waals surface area contributed by atoms with Crippen LogP contribution in [0.4, 0.5) is 10.5 Å². The van der Waals surface area contributed by atoms with Gasteiger partial charge in [-0.1, -0.05) is 35.2 Å². The molecule has 4 rings (SSSR count). The molecule has 2 aliphatic rings. The summed E-state index contributed by atoms with van der Waals surface area (Å²) in [5.41, 5.74) is 1.85. The van der Waals surface area contributed by atoms with E-state index in [1.165, 1.54) is 6.42 Å². The highest BCUT2D eigenvalue weighted by Crippen LogP contribution is 2.30. The molecule has 0 spiro atoms. The van der Waals surface area contributed by atoms with Crippen molar-refractivity contribution < 1.29 is 9.59 Å². The van der Waals surface area contributed by atoms with E-state index in [0.29, 0.717) is 12.6 Å². The highest BCUT2D eigenvalue weighted by Gasteiger charge is 2.35. The predicted molar refractivity (Wildman–Crippen MR) is 126 cm³/mol. The Balaban J connectivity index is 1.48. The quantitative estimate of drug-likeness (QED) is 0.588. The standard InChI is InChI=1S/C24H31BrN4O2/c1-27-15-5-8-22(27)16-28(21-13-14-21)23(30)17-29(20-6-3-2-4-7-20)24(31)26-19-11-9-18(25)10-12-19/h5,8-12,15,20-21H,2-4,6-7,13-14,16-17H2,1H3,(H,26,31). The van der Waals surface area contributed by atoms with Gasteiger partial charge in [-0.3, -0.25) is 4.79 Å². The molecule has 2 aliphatic carbocycles. The number of nitrogens with zero attached hydrogens (tertiary/aromatic N) is 3. The second-order valence-electron chi connectivity index (χ2n) is 8.72. The molecule has 1 N–H and O–H groups in total. The molecule has 0 saturated heterocycles. The van der Waals surface area contributed by atoms with Crippen LogP contribution in [0, 0.1) is 0 Å². The van der Waals surface area contributed by atoms with E-state index < -0.39 is 0 Å². The zero-order valence-corrected chi connectivity index (χ0v) is 19.7. The molecule has 0 radical (unpaired) electrons. The van der Waals surface area contributed by atoms with Crippen molar-refractivity contribution in [3.05, 3.63) is 52.8 Å². The number of nitrogens with one attached hydrogen (secondary N) is 1. The zero-order valence-electron chi connectivity index (χ0n) is 18.1. The summed E-state index contributed by atoms with van der Waals surface area (Å²) in [5.74, 6) is 0.0419. The lowest BCUT2D eigenvalue weighted by Crippen LogP contribution is -2.50. The van der Waals surface area contributed by atoms with Crippen LogP contribution in [0.2, 0.25) is 0 Å². The average Bonchev–Trinajstić information content (AvgIpc) is 3.54. The molecule has 31 heavy (non-hydrogen) atoms. The van der Waals surface area contributed by atoms with E-state index in [4.69, 9.17) is 0 Å². The minimum atomic E-state index is -0.183. The molecular weight excluding hydrogens is 456 g/mol. The summed E-state index contributed by atoms with van der Waals surface area (Å²) in [7, 11) is 2.00. The van der Waals surface area contributed by atoms with Crippen molar-refractivity contribution in [2.75, 3.05) is 11.9 Å². The largest absolute Gasteiger partial charge is 0.353 e. The fourth-order valence-corrected chi connectivity index (χ4v) is 4.63. The fourth-order valence-electron chi connectivity index (χ4n) is 4.37. The number of carbonyl (C=O) groups is 2. The second-order valence-corrected chi connectivity index (χ2v) is 9.64. The number of urea groups is 1. The Hall–Kier alpha value is -2.28. The highest BCUT2D eigenvalue weighted by atomic mass is 79.9. The van der Waals surface area contributed by atoms with Gasteiger partial charge >= 0.3 is 6.03 Å². The molecule has 0 aliphatic heterocycles. The van der Waals surface area contributed by atoms with Crippen LogP contribution in [0.15, 0.2) is 47.1 Å². The predicted octanol–water partition coefficient (Wildman–Crippen LogP) is 5.15. The first-order chi connectivity index (χ1) is 15.0. The van der Waals surface area contributed by atoms with Gasteiger partial charge in [0.15, 0.2) is 0 Å². The van der Waals surface area contributed by atoms with E-state index in [2.05, 4.69) is 31.9 Å². The number of hydrogen-bond donors (Lipinski definition) is 1. The molecule has 2 fully saturated rings. The van der Waals surface area contributed by atoms with Crippen molar-refractivity contribution in [2.24, 2.45) is 7.05 Å². The summed E-state index contributed by atoms with van der Waals surface area (Å²) in [5, 5.41) is 3.00. The number of benzene rings is 1. The van der Waals surface area contributed by atoms with Gasteiger partial charge < -0.3 is 19.7 Å². The molecule has 0 unspecified atom stereocenters. The monoisotopic (exact) mass is 486 g/mol. The number of anilines is 1. The van der Waals surface area contributed by atoms with Crippen LogP contribution >= 0.6 is 15.9 Å². The summed E-state index contributed by atoms with van der Waals surface area (Å²) >= 11 is 3.43. The van der Waals surface area contributed by atoms with Gasteiger partial charge in [0.1, 0.15) is 6.54 Å². The molecule has 0 bridgehead atoms. The molecule has 1 heterocycles. The van der Waals surface area contributed by atoms with Crippen LogP contribution in [-0.4, -0.2) is 44.9 Å². The lowest BCUT2D eigenvalue weighted by atomic mass is 9.94. The van der Waals surface area contributed by atoms with Gasteiger partial charge in [-0.05, 0) is 62.1 Å². The van der Waals surface area contributed by atoms with Crippen LogP contribution in [0.1, 0.15) is 50.6 Å². The Morgan fingerprint density at radius 2 is 1.68 bits per heavy atom. The number of aromatic nitrogens is 1. The number of rotatable bonds is 7.